The number of nitrogens with one attached hydrogen (secondary N) is 2. The molecule has 0 radical (unpaired) electrons. The van der Waals surface area contributed by atoms with Crippen LogP contribution in [0.3, 0.4) is 0 Å². The Morgan fingerprint density at radius 1 is 1.41 bits per heavy atom. The molecule has 17 heavy (non-hydrogen) atoms. The van der Waals surface area contributed by atoms with Crippen molar-refractivity contribution in [2.45, 2.75) is 19.5 Å². The van der Waals surface area contributed by atoms with E-state index < -0.39 is 0 Å². The van der Waals surface area contributed by atoms with E-state index in [9.17, 15) is 0 Å². The second kappa shape index (κ2) is 8.47. The summed E-state index contributed by atoms with van der Waals surface area (Å²) in [6.07, 6.45) is 0. The predicted molar refractivity (Wildman–Crippen MR) is 71.9 cm³/mol. The molecule has 0 aliphatic rings. The minimum absolute atomic E-state index is 0.429. The Balaban J connectivity index is 2.17. The van der Waals surface area contributed by atoms with Gasteiger partial charge in [0.05, 0.1) is 18.6 Å². The Hall–Kier alpha value is -0.620. The van der Waals surface area contributed by atoms with E-state index in [1.807, 2.05) is 6.07 Å². The fraction of sp³-hybridized carbons (Fsp3) is 0.667. The molecule has 2 N–H and O–H groups in total. The second-order valence-electron chi connectivity index (χ2n) is 3.89. The van der Waals surface area contributed by atoms with Crippen molar-refractivity contribution >= 4 is 11.3 Å². The number of hydrogen-bond donors (Lipinski definition) is 2. The smallest absolute Gasteiger partial charge is 0.134 e. The van der Waals surface area contributed by atoms with E-state index in [1.165, 1.54) is 4.88 Å². The van der Waals surface area contributed by atoms with Crippen molar-refractivity contribution in [1.82, 2.24) is 10.6 Å². The van der Waals surface area contributed by atoms with Gasteiger partial charge in [0.1, 0.15) is 5.75 Å². The highest BCUT2D eigenvalue weighted by atomic mass is 32.1. The van der Waals surface area contributed by atoms with Crippen LogP contribution in [-0.4, -0.2) is 40.0 Å². The van der Waals surface area contributed by atoms with E-state index in [0.717, 1.165) is 32.0 Å². The fourth-order valence-corrected chi connectivity index (χ4v) is 2.26. The molecular weight excluding hydrogens is 236 g/mol. The standard InChI is InChI=1S/C12H22N2O2S/c1-10(8-13-5-6-15-2)14-9-12-11(16-3)4-7-17-12/h4,7,10,13-14H,5-6,8-9H2,1-3H3. The van der Waals surface area contributed by atoms with Crippen LogP contribution >= 0.6 is 11.3 Å². The van der Waals surface area contributed by atoms with Crippen LogP contribution in [0.1, 0.15) is 11.8 Å². The van der Waals surface area contributed by atoms with Crippen LogP contribution in [0.5, 0.6) is 5.75 Å². The van der Waals surface area contributed by atoms with E-state index >= 15 is 0 Å². The average Bonchev–Trinajstić information content (AvgIpc) is 2.79. The number of thiophene rings is 1. The van der Waals surface area contributed by atoms with Crippen molar-refractivity contribution in [2.75, 3.05) is 33.9 Å². The molecule has 0 amide bonds. The highest BCUT2D eigenvalue weighted by Gasteiger charge is 2.06. The lowest BCUT2D eigenvalue weighted by Crippen LogP contribution is -2.37. The van der Waals surface area contributed by atoms with Crippen LogP contribution < -0.4 is 15.4 Å². The third-order valence-electron chi connectivity index (χ3n) is 2.47. The van der Waals surface area contributed by atoms with Crippen LogP contribution in [0.2, 0.25) is 0 Å². The molecule has 1 heterocycles. The first-order valence-corrected chi connectivity index (χ1v) is 6.69. The van der Waals surface area contributed by atoms with E-state index in [0.29, 0.717) is 6.04 Å². The molecule has 4 nitrogen and oxygen atoms in total. The minimum Gasteiger partial charge on any atom is -0.496 e. The summed E-state index contributed by atoms with van der Waals surface area (Å²) in [6, 6.07) is 2.43. The number of methoxy groups -OCH3 is 2. The molecule has 0 spiro atoms. The van der Waals surface area contributed by atoms with Gasteiger partial charge in [-0.15, -0.1) is 11.3 Å². The third kappa shape index (κ3) is 5.50. The lowest BCUT2D eigenvalue weighted by Gasteiger charge is -2.14. The van der Waals surface area contributed by atoms with E-state index in [-0.39, 0.29) is 0 Å². The molecule has 0 saturated carbocycles. The molecular formula is C12H22N2O2S. The van der Waals surface area contributed by atoms with Gasteiger partial charge < -0.3 is 20.1 Å². The monoisotopic (exact) mass is 258 g/mol. The van der Waals surface area contributed by atoms with Gasteiger partial charge in [0.2, 0.25) is 0 Å². The van der Waals surface area contributed by atoms with Crippen LogP contribution in [0.4, 0.5) is 0 Å². The Bertz CT molecular complexity index is 304. The molecule has 1 rings (SSSR count). The lowest BCUT2D eigenvalue weighted by atomic mass is 10.3. The van der Waals surface area contributed by atoms with Crippen molar-refractivity contribution in [3.8, 4) is 5.75 Å². The summed E-state index contributed by atoms with van der Waals surface area (Å²) >= 11 is 1.72. The zero-order valence-electron chi connectivity index (χ0n) is 10.8. The summed E-state index contributed by atoms with van der Waals surface area (Å²) in [5.41, 5.74) is 0. The average molecular weight is 258 g/mol. The summed E-state index contributed by atoms with van der Waals surface area (Å²) in [4.78, 5) is 1.25. The SMILES string of the molecule is COCCNCC(C)NCc1sccc1OC. The van der Waals surface area contributed by atoms with Gasteiger partial charge in [0.25, 0.3) is 0 Å². The van der Waals surface area contributed by atoms with Crippen molar-refractivity contribution in [2.24, 2.45) is 0 Å². The molecule has 0 aliphatic heterocycles. The van der Waals surface area contributed by atoms with Crippen LogP contribution in [0, 0.1) is 0 Å². The van der Waals surface area contributed by atoms with Gasteiger partial charge >= 0.3 is 0 Å². The van der Waals surface area contributed by atoms with Crippen LogP contribution in [0.25, 0.3) is 0 Å². The van der Waals surface area contributed by atoms with Gasteiger partial charge in [-0.25, -0.2) is 0 Å². The van der Waals surface area contributed by atoms with Gasteiger partial charge in [-0.3, -0.25) is 0 Å². The maximum Gasteiger partial charge on any atom is 0.134 e. The van der Waals surface area contributed by atoms with Crippen LogP contribution in [-0.2, 0) is 11.3 Å². The largest absolute Gasteiger partial charge is 0.496 e. The molecule has 98 valence electrons. The maximum atomic E-state index is 5.27. The summed E-state index contributed by atoms with van der Waals surface area (Å²) in [5.74, 6) is 0.974. The molecule has 0 aliphatic carbocycles. The second-order valence-corrected chi connectivity index (χ2v) is 4.89. The van der Waals surface area contributed by atoms with E-state index in [1.54, 1.807) is 25.6 Å². The summed E-state index contributed by atoms with van der Waals surface area (Å²) < 4.78 is 10.2. The van der Waals surface area contributed by atoms with Gasteiger partial charge in [-0.05, 0) is 18.4 Å². The summed E-state index contributed by atoms with van der Waals surface area (Å²) in [7, 11) is 3.42. The Labute approximate surface area is 107 Å². The summed E-state index contributed by atoms with van der Waals surface area (Å²) in [6.45, 7) is 5.61. The molecule has 0 aromatic carbocycles. The Kier molecular flexibility index (Phi) is 7.19. The molecule has 0 fully saturated rings. The lowest BCUT2D eigenvalue weighted by molar-refractivity contribution is 0.198. The highest BCUT2D eigenvalue weighted by molar-refractivity contribution is 7.10. The van der Waals surface area contributed by atoms with Gasteiger partial charge in [0.15, 0.2) is 0 Å². The maximum absolute atomic E-state index is 5.27. The number of rotatable bonds is 9. The molecule has 5 heteroatoms. The van der Waals surface area contributed by atoms with Gasteiger partial charge in [-0.2, -0.15) is 0 Å². The molecule has 0 bridgehead atoms. The van der Waals surface area contributed by atoms with Crippen molar-refractivity contribution < 1.29 is 9.47 Å². The topological polar surface area (TPSA) is 42.5 Å². The van der Waals surface area contributed by atoms with Crippen molar-refractivity contribution in [1.29, 1.82) is 0 Å². The molecule has 0 saturated heterocycles. The molecule has 1 aromatic rings. The van der Waals surface area contributed by atoms with Crippen LogP contribution in [0.15, 0.2) is 11.4 Å². The zero-order valence-corrected chi connectivity index (χ0v) is 11.6. The van der Waals surface area contributed by atoms with Crippen molar-refractivity contribution in [3.05, 3.63) is 16.3 Å². The number of hydrogen-bond acceptors (Lipinski definition) is 5. The Morgan fingerprint density at radius 2 is 2.24 bits per heavy atom. The highest BCUT2D eigenvalue weighted by Crippen LogP contribution is 2.23. The third-order valence-corrected chi connectivity index (χ3v) is 3.37. The normalized spacial score (nSPS) is 12.6. The molecule has 1 aromatic heterocycles. The summed E-state index contributed by atoms with van der Waals surface area (Å²) in [5, 5.41) is 8.85. The van der Waals surface area contributed by atoms with E-state index in [4.69, 9.17) is 9.47 Å². The number of ether oxygens (including phenoxy) is 2. The quantitative estimate of drug-likeness (QED) is 0.658. The Morgan fingerprint density at radius 3 is 2.94 bits per heavy atom. The molecule has 1 atom stereocenters. The zero-order chi connectivity index (χ0) is 12.5. The predicted octanol–water partition coefficient (Wildman–Crippen LogP) is 1.47. The van der Waals surface area contributed by atoms with Gasteiger partial charge in [0, 0.05) is 32.8 Å². The van der Waals surface area contributed by atoms with Crippen molar-refractivity contribution in [3.63, 3.8) is 0 Å². The van der Waals surface area contributed by atoms with E-state index in [2.05, 4.69) is 22.9 Å². The van der Waals surface area contributed by atoms with Gasteiger partial charge in [-0.1, -0.05) is 0 Å². The first-order chi connectivity index (χ1) is 8.27. The minimum atomic E-state index is 0.429. The molecule has 1 unspecified atom stereocenters. The fourth-order valence-electron chi connectivity index (χ4n) is 1.47. The first-order valence-electron chi connectivity index (χ1n) is 5.81. The first kappa shape index (κ1) is 14.4.